The Bertz CT molecular complexity index is 581. The van der Waals surface area contributed by atoms with E-state index < -0.39 is 0 Å². The van der Waals surface area contributed by atoms with Crippen LogP contribution in [0.25, 0.3) is 0 Å². The first-order valence-electron chi connectivity index (χ1n) is 6.81. The molecule has 2 rings (SSSR count). The van der Waals surface area contributed by atoms with Crippen LogP contribution in [-0.4, -0.2) is 6.04 Å². The number of aryl methyl sites for hydroxylation is 1. The second-order valence-corrected chi connectivity index (χ2v) is 6.01. The molecule has 20 heavy (non-hydrogen) atoms. The minimum absolute atomic E-state index is 0.456. The Morgan fingerprint density at radius 1 is 1.15 bits per heavy atom. The van der Waals surface area contributed by atoms with Gasteiger partial charge in [0.25, 0.3) is 0 Å². The monoisotopic (exact) mass is 333 g/mol. The van der Waals surface area contributed by atoms with Crippen molar-refractivity contribution in [1.29, 1.82) is 0 Å². The lowest BCUT2D eigenvalue weighted by atomic mass is 10.2. The summed E-state index contributed by atoms with van der Waals surface area (Å²) in [4.78, 5) is 0. The van der Waals surface area contributed by atoms with Crippen LogP contribution in [0.5, 0.6) is 11.5 Å². The molecule has 2 aromatic rings. The highest BCUT2D eigenvalue weighted by molar-refractivity contribution is 9.10. The van der Waals surface area contributed by atoms with E-state index in [1.54, 1.807) is 0 Å². The van der Waals surface area contributed by atoms with E-state index in [9.17, 15) is 0 Å². The average Bonchev–Trinajstić information content (AvgIpc) is 2.42. The lowest BCUT2D eigenvalue weighted by molar-refractivity contribution is 0.469. The summed E-state index contributed by atoms with van der Waals surface area (Å²) in [6, 6.07) is 14.6. The second kappa shape index (κ2) is 6.91. The van der Waals surface area contributed by atoms with Crippen molar-refractivity contribution >= 4 is 15.9 Å². The van der Waals surface area contributed by atoms with Gasteiger partial charge in [-0.05, 0) is 36.8 Å². The largest absolute Gasteiger partial charge is 0.457 e. The van der Waals surface area contributed by atoms with E-state index in [-0.39, 0.29) is 0 Å². The molecule has 3 heteroatoms. The van der Waals surface area contributed by atoms with Crippen LogP contribution in [0.4, 0.5) is 0 Å². The summed E-state index contributed by atoms with van der Waals surface area (Å²) >= 11 is 3.50. The first kappa shape index (κ1) is 15.1. The number of hydrogen-bond acceptors (Lipinski definition) is 2. The zero-order chi connectivity index (χ0) is 14.5. The van der Waals surface area contributed by atoms with Gasteiger partial charge < -0.3 is 10.1 Å². The summed E-state index contributed by atoms with van der Waals surface area (Å²) in [5, 5.41) is 3.42. The Labute approximate surface area is 129 Å². The standard InChI is InChI=1S/C17H20BrNO/c1-12(2)19-11-14-6-4-5-7-17(14)20-15-8-9-16(18)13(3)10-15/h4-10,12,19H,11H2,1-3H3. The van der Waals surface area contributed by atoms with Gasteiger partial charge in [0.2, 0.25) is 0 Å². The molecule has 0 aliphatic heterocycles. The summed E-state index contributed by atoms with van der Waals surface area (Å²) in [7, 11) is 0. The van der Waals surface area contributed by atoms with Crippen molar-refractivity contribution in [2.75, 3.05) is 0 Å². The predicted octanol–water partition coefficient (Wildman–Crippen LogP) is 5.05. The van der Waals surface area contributed by atoms with Crippen molar-refractivity contribution in [3.63, 3.8) is 0 Å². The molecule has 0 amide bonds. The molecule has 1 N–H and O–H groups in total. The number of ether oxygens (including phenoxy) is 1. The van der Waals surface area contributed by atoms with Crippen molar-refractivity contribution in [1.82, 2.24) is 5.32 Å². The predicted molar refractivity (Wildman–Crippen MR) is 87.4 cm³/mol. The van der Waals surface area contributed by atoms with Crippen molar-refractivity contribution in [2.24, 2.45) is 0 Å². The van der Waals surface area contributed by atoms with Crippen LogP contribution in [0.15, 0.2) is 46.9 Å². The molecule has 106 valence electrons. The molecule has 0 heterocycles. The van der Waals surface area contributed by atoms with Crippen LogP contribution < -0.4 is 10.1 Å². The summed E-state index contributed by atoms with van der Waals surface area (Å²) < 4.78 is 7.11. The molecular weight excluding hydrogens is 314 g/mol. The van der Waals surface area contributed by atoms with Gasteiger partial charge in [-0.25, -0.2) is 0 Å². The Kier molecular flexibility index (Phi) is 5.21. The van der Waals surface area contributed by atoms with Gasteiger partial charge in [0, 0.05) is 22.6 Å². The molecule has 0 aliphatic rings. The third kappa shape index (κ3) is 4.09. The van der Waals surface area contributed by atoms with Gasteiger partial charge in [0.15, 0.2) is 0 Å². The maximum absolute atomic E-state index is 6.02. The van der Waals surface area contributed by atoms with Crippen LogP contribution in [0, 0.1) is 6.92 Å². The highest BCUT2D eigenvalue weighted by Gasteiger charge is 2.06. The molecule has 0 saturated heterocycles. The van der Waals surface area contributed by atoms with E-state index in [0.29, 0.717) is 6.04 Å². The Morgan fingerprint density at radius 2 is 1.90 bits per heavy atom. The lowest BCUT2D eigenvalue weighted by Gasteiger charge is -2.14. The topological polar surface area (TPSA) is 21.3 Å². The number of rotatable bonds is 5. The van der Waals surface area contributed by atoms with Gasteiger partial charge in [0.1, 0.15) is 11.5 Å². The third-order valence-electron chi connectivity index (χ3n) is 3.03. The Hall–Kier alpha value is -1.32. The molecule has 2 nitrogen and oxygen atoms in total. The van der Waals surface area contributed by atoms with Gasteiger partial charge in [-0.15, -0.1) is 0 Å². The molecule has 0 atom stereocenters. The summed E-state index contributed by atoms with van der Waals surface area (Å²) in [5.41, 5.74) is 2.34. The third-order valence-corrected chi connectivity index (χ3v) is 3.92. The van der Waals surface area contributed by atoms with E-state index in [4.69, 9.17) is 4.74 Å². The Morgan fingerprint density at radius 3 is 2.60 bits per heavy atom. The van der Waals surface area contributed by atoms with Gasteiger partial charge in [-0.1, -0.05) is 48.0 Å². The molecule has 0 fully saturated rings. The molecule has 0 unspecified atom stereocenters. The van der Waals surface area contributed by atoms with Gasteiger partial charge in [-0.2, -0.15) is 0 Å². The number of benzene rings is 2. The minimum Gasteiger partial charge on any atom is -0.457 e. The van der Waals surface area contributed by atoms with E-state index in [0.717, 1.165) is 22.5 Å². The zero-order valence-corrected chi connectivity index (χ0v) is 13.7. The number of hydrogen-bond donors (Lipinski definition) is 1. The molecular formula is C17H20BrNO. The van der Waals surface area contributed by atoms with Crippen LogP contribution in [0.1, 0.15) is 25.0 Å². The molecule has 2 aromatic carbocycles. The maximum Gasteiger partial charge on any atom is 0.131 e. The molecule has 0 saturated carbocycles. The fourth-order valence-corrected chi connectivity index (χ4v) is 2.12. The quantitative estimate of drug-likeness (QED) is 0.826. The van der Waals surface area contributed by atoms with Crippen LogP contribution in [0.2, 0.25) is 0 Å². The minimum atomic E-state index is 0.456. The van der Waals surface area contributed by atoms with E-state index >= 15 is 0 Å². The number of para-hydroxylation sites is 1. The van der Waals surface area contributed by atoms with E-state index in [1.165, 1.54) is 11.1 Å². The summed E-state index contributed by atoms with van der Waals surface area (Å²) in [6.07, 6.45) is 0. The molecule has 0 spiro atoms. The number of halogens is 1. The molecule has 0 aliphatic carbocycles. The van der Waals surface area contributed by atoms with Crippen LogP contribution in [0.3, 0.4) is 0 Å². The van der Waals surface area contributed by atoms with Crippen molar-refractivity contribution in [3.8, 4) is 11.5 Å². The first-order valence-corrected chi connectivity index (χ1v) is 7.61. The Balaban J connectivity index is 2.17. The highest BCUT2D eigenvalue weighted by atomic mass is 79.9. The van der Waals surface area contributed by atoms with Gasteiger partial charge >= 0.3 is 0 Å². The normalized spacial score (nSPS) is 10.8. The van der Waals surface area contributed by atoms with Crippen molar-refractivity contribution in [2.45, 2.75) is 33.4 Å². The smallest absolute Gasteiger partial charge is 0.131 e. The van der Waals surface area contributed by atoms with Gasteiger partial charge in [0.05, 0.1) is 0 Å². The zero-order valence-electron chi connectivity index (χ0n) is 12.1. The highest BCUT2D eigenvalue weighted by Crippen LogP contribution is 2.28. The fraction of sp³-hybridized carbons (Fsp3) is 0.294. The molecule has 0 radical (unpaired) electrons. The molecule has 0 aromatic heterocycles. The van der Waals surface area contributed by atoms with Crippen LogP contribution >= 0.6 is 15.9 Å². The first-order chi connectivity index (χ1) is 9.56. The van der Waals surface area contributed by atoms with Crippen LogP contribution in [-0.2, 0) is 6.54 Å². The lowest BCUT2D eigenvalue weighted by Crippen LogP contribution is -2.22. The average molecular weight is 334 g/mol. The SMILES string of the molecule is Cc1cc(Oc2ccccc2CNC(C)C)ccc1Br. The second-order valence-electron chi connectivity index (χ2n) is 5.16. The fourth-order valence-electron chi connectivity index (χ4n) is 1.87. The number of nitrogens with one attached hydrogen (secondary N) is 1. The maximum atomic E-state index is 6.02. The summed E-state index contributed by atoms with van der Waals surface area (Å²) in [5.74, 6) is 1.77. The summed E-state index contributed by atoms with van der Waals surface area (Å²) in [6.45, 7) is 7.15. The van der Waals surface area contributed by atoms with Crippen molar-refractivity contribution in [3.05, 3.63) is 58.1 Å². The van der Waals surface area contributed by atoms with E-state index in [1.807, 2.05) is 36.4 Å². The van der Waals surface area contributed by atoms with Gasteiger partial charge in [-0.3, -0.25) is 0 Å². The van der Waals surface area contributed by atoms with E-state index in [2.05, 4.69) is 48.1 Å². The van der Waals surface area contributed by atoms with Crippen molar-refractivity contribution < 1.29 is 4.74 Å². The molecule has 0 bridgehead atoms.